The fraction of sp³-hybridized carbons (Fsp3) is 0.364. The summed E-state index contributed by atoms with van der Waals surface area (Å²) in [5.74, 6) is 0.782. The molecular weight excluding hydrogens is 406 g/mol. The molecule has 162 valence electrons. The highest BCUT2D eigenvalue weighted by atomic mass is 16.7. The van der Waals surface area contributed by atoms with Gasteiger partial charge in [-0.3, -0.25) is 4.79 Å². The predicted molar refractivity (Wildman–Crippen MR) is 107 cm³/mol. The molecule has 2 aromatic carbocycles. The summed E-state index contributed by atoms with van der Waals surface area (Å²) in [6.45, 7) is 0.241. The molecule has 3 atom stereocenters. The molecule has 9 heteroatoms. The van der Waals surface area contributed by atoms with E-state index < -0.39 is 17.8 Å². The Bertz CT molecular complexity index is 1070. The maximum atomic E-state index is 12.8. The number of hydrogen-bond acceptors (Lipinski definition) is 9. The average molecular weight is 427 g/mol. The Balaban J connectivity index is 1.77. The van der Waals surface area contributed by atoms with Crippen LogP contribution in [-0.2, 0) is 9.53 Å². The van der Waals surface area contributed by atoms with E-state index in [4.69, 9.17) is 28.4 Å². The summed E-state index contributed by atoms with van der Waals surface area (Å²) in [5, 5.41) is 13.3. The summed E-state index contributed by atoms with van der Waals surface area (Å²) in [5.41, 5.74) is 2.63. The minimum Gasteiger partial charge on any atom is -0.493 e. The number of esters is 1. The predicted octanol–water partition coefficient (Wildman–Crippen LogP) is 2.55. The van der Waals surface area contributed by atoms with Crippen LogP contribution in [-0.4, -0.2) is 51.6 Å². The maximum Gasteiger partial charge on any atom is 0.310 e. The van der Waals surface area contributed by atoms with Crippen molar-refractivity contribution in [1.82, 2.24) is 0 Å². The van der Waals surface area contributed by atoms with Gasteiger partial charge in [0.1, 0.15) is 6.61 Å². The Labute approximate surface area is 178 Å². The van der Waals surface area contributed by atoms with E-state index in [9.17, 15) is 10.0 Å². The molecule has 2 aromatic rings. The van der Waals surface area contributed by atoms with E-state index in [0.29, 0.717) is 40.0 Å². The van der Waals surface area contributed by atoms with E-state index in [1.54, 1.807) is 6.07 Å². The van der Waals surface area contributed by atoms with Crippen molar-refractivity contribution in [2.24, 2.45) is 17.0 Å². The first kappa shape index (κ1) is 19.3. The average Bonchev–Trinajstić information content (AvgIpc) is 3.41. The van der Waals surface area contributed by atoms with Gasteiger partial charge in [0.2, 0.25) is 12.5 Å². The first-order valence-electron chi connectivity index (χ1n) is 9.73. The van der Waals surface area contributed by atoms with E-state index in [2.05, 4.69) is 5.16 Å². The molecule has 0 radical (unpaired) electrons. The second-order valence-corrected chi connectivity index (χ2v) is 7.48. The molecule has 1 aliphatic carbocycles. The molecule has 0 unspecified atom stereocenters. The molecule has 1 N–H and O–H groups in total. The summed E-state index contributed by atoms with van der Waals surface area (Å²) in [6.07, 6.45) is 0. The molecule has 9 nitrogen and oxygen atoms in total. The van der Waals surface area contributed by atoms with Gasteiger partial charge in [-0.2, -0.15) is 0 Å². The van der Waals surface area contributed by atoms with Crippen LogP contribution in [0.1, 0.15) is 22.6 Å². The number of hydrogen-bond donors (Lipinski definition) is 1. The highest BCUT2D eigenvalue weighted by molar-refractivity contribution is 6.08. The van der Waals surface area contributed by atoms with Crippen molar-refractivity contribution in [3.05, 3.63) is 41.0 Å². The van der Waals surface area contributed by atoms with Gasteiger partial charge in [-0.1, -0.05) is 5.16 Å². The Morgan fingerprint density at radius 3 is 2.26 bits per heavy atom. The zero-order chi connectivity index (χ0) is 21.7. The molecule has 3 aliphatic rings. The van der Waals surface area contributed by atoms with Gasteiger partial charge in [-0.15, -0.1) is 0 Å². The Hall–Kier alpha value is -3.62. The maximum absolute atomic E-state index is 12.8. The topological polar surface area (TPSA) is 105 Å². The van der Waals surface area contributed by atoms with Crippen LogP contribution in [0.15, 0.2) is 29.4 Å². The summed E-state index contributed by atoms with van der Waals surface area (Å²) in [7, 11) is 4.61. The van der Waals surface area contributed by atoms with Crippen LogP contribution < -0.4 is 23.7 Å². The lowest BCUT2D eigenvalue weighted by molar-refractivity contribution is -0.141. The molecule has 31 heavy (non-hydrogen) atoms. The van der Waals surface area contributed by atoms with Gasteiger partial charge >= 0.3 is 5.97 Å². The molecule has 0 saturated carbocycles. The molecule has 0 bridgehead atoms. The van der Waals surface area contributed by atoms with Crippen molar-refractivity contribution in [3.8, 4) is 28.7 Å². The third-order valence-electron chi connectivity index (χ3n) is 6.13. The number of oxime groups is 1. The fourth-order valence-electron chi connectivity index (χ4n) is 4.78. The summed E-state index contributed by atoms with van der Waals surface area (Å²) in [6, 6.07) is 7.27. The molecule has 5 rings (SSSR count). The van der Waals surface area contributed by atoms with Crippen LogP contribution in [0, 0.1) is 11.8 Å². The number of cyclic esters (lactones) is 1. The quantitative estimate of drug-likeness (QED) is 0.451. The van der Waals surface area contributed by atoms with E-state index in [1.807, 2.05) is 18.2 Å². The zero-order valence-electron chi connectivity index (χ0n) is 17.2. The fourth-order valence-corrected chi connectivity index (χ4v) is 4.78. The molecule has 1 saturated heterocycles. The van der Waals surface area contributed by atoms with Crippen molar-refractivity contribution in [1.29, 1.82) is 0 Å². The van der Waals surface area contributed by atoms with Crippen molar-refractivity contribution >= 4 is 11.7 Å². The number of fused-ring (bicyclic) bond motifs is 3. The number of nitrogens with zero attached hydrogens (tertiary/aromatic N) is 1. The van der Waals surface area contributed by atoms with Crippen molar-refractivity contribution in [2.75, 3.05) is 34.7 Å². The summed E-state index contributed by atoms with van der Waals surface area (Å²) < 4.78 is 33.0. The highest BCUT2D eigenvalue weighted by Gasteiger charge is 2.51. The van der Waals surface area contributed by atoms with E-state index >= 15 is 0 Å². The molecule has 1 fully saturated rings. The number of carbonyl (C=O) groups excluding carboxylic acids is 1. The SMILES string of the molecule is COc1cc([C@@H]2c3cc4c(cc3/C(=N/O)[C@H]3COC(=O)[C@H]23)OCO4)cc(OC)c1OC. The second-order valence-electron chi connectivity index (χ2n) is 7.48. The molecule has 0 aromatic heterocycles. The van der Waals surface area contributed by atoms with Crippen molar-refractivity contribution in [3.63, 3.8) is 0 Å². The van der Waals surface area contributed by atoms with Crippen LogP contribution in [0.5, 0.6) is 28.7 Å². The zero-order valence-corrected chi connectivity index (χ0v) is 17.2. The first-order chi connectivity index (χ1) is 15.1. The van der Waals surface area contributed by atoms with Gasteiger partial charge in [0.05, 0.1) is 38.9 Å². The lowest BCUT2D eigenvalue weighted by atomic mass is 9.66. The number of ether oxygens (including phenoxy) is 6. The minimum atomic E-state index is -0.582. The van der Waals surface area contributed by atoms with Gasteiger partial charge in [0.15, 0.2) is 23.0 Å². The van der Waals surface area contributed by atoms with Gasteiger partial charge in [0, 0.05) is 11.5 Å². The minimum absolute atomic E-state index is 0.105. The number of methoxy groups -OCH3 is 3. The van der Waals surface area contributed by atoms with Crippen LogP contribution in [0.25, 0.3) is 0 Å². The third-order valence-corrected chi connectivity index (χ3v) is 6.13. The normalized spacial score (nSPS) is 24.4. The number of rotatable bonds is 4. The van der Waals surface area contributed by atoms with Crippen LogP contribution >= 0.6 is 0 Å². The lowest BCUT2D eigenvalue weighted by Gasteiger charge is -2.34. The molecular formula is C22H21NO8. The van der Waals surface area contributed by atoms with E-state index in [1.165, 1.54) is 21.3 Å². The Morgan fingerprint density at radius 1 is 0.968 bits per heavy atom. The van der Waals surface area contributed by atoms with Gasteiger partial charge in [-0.05, 0) is 35.4 Å². The van der Waals surface area contributed by atoms with Crippen LogP contribution in [0.2, 0.25) is 0 Å². The lowest BCUT2D eigenvalue weighted by Crippen LogP contribution is -2.36. The first-order valence-corrected chi connectivity index (χ1v) is 9.73. The molecule has 2 heterocycles. The largest absolute Gasteiger partial charge is 0.493 e. The van der Waals surface area contributed by atoms with Gasteiger partial charge < -0.3 is 33.6 Å². The van der Waals surface area contributed by atoms with E-state index in [-0.39, 0.29) is 19.4 Å². The number of carbonyl (C=O) groups is 1. The summed E-state index contributed by atoms with van der Waals surface area (Å²) >= 11 is 0. The molecule has 0 spiro atoms. The van der Waals surface area contributed by atoms with Crippen LogP contribution in [0.3, 0.4) is 0 Å². The molecule has 0 amide bonds. The van der Waals surface area contributed by atoms with Crippen molar-refractivity contribution < 1.29 is 38.4 Å². The Kier molecular flexibility index (Phi) is 4.53. The van der Waals surface area contributed by atoms with E-state index in [0.717, 1.165) is 11.1 Å². The smallest absolute Gasteiger partial charge is 0.310 e. The highest BCUT2D eigenvalue weighted by Crippen LogP contribution is 2.52. The Morgan fingerprint density at radius 2 is 1.65 bits per heavy atom. The molecule has 2 aliphatic heterocycles. The summed E-state index contributed by atoms with van der Waals surface area (Å²) in [4.78, 5) is 12.8. The van der Waals surface area contributed by atoms with Gasteiger partial charge in [0.25, 0.3) is 0 Å². The van der Waals surface area contributed by atoms with Crippen LogP contribution in [0.4, 0.5) is 0 Å². The van der Waals surface area contributed by atoms with Crippen molar-refractivity contribution in [2.45, 2.75) is 5.92 Å². The van der Waals surface area contributed by atoms with Gasteiger partial charge in [-0.25, -0.2) is 0 Å². The second kappa shape index (κ2) is 7.26. The third kappa shape index (κ3) is 2.76. The standard InChI is InChI=1S/C22H21NO8/c1-26-16-4-10(5-17(27-2)21(16)28-3)18-11-6-14-15(31-9-30-14)7-12(11)20(23-25)13-8-29-22(24)19(13)18/h4-7,13,18-19,25H,8-9H2,1-3H3/b23-20-/t13-,18+,19-/m0/s1. The number of benzene rings is 2. The monoisotopic (exact) mass is 427 g/mol.